The van der Waals surface area contributed by atoms with Gasteiger partial charge in [0.2, 0.25) is 0 Å². The first-order valence-corrected chi connectivity index (χ1v) is 8.56. The Bertz CT molecular complexity index is 415. The first-order chi connectivity index (χ1) is 10.2. The van der Waals surface area contributed by atoms with Gasteiger partial charge in [-0.05, 0) is 61.9 Å². The quantitative estimate of drug-likeness (QED) is 0.852. The van der Waals surface area contributed by atoms with Gasteiger partial charge < -0.3 is 0 Å². The van der Waals surface area contributed by atoms with E-state index in [2.05, 4.69) is 40.8 Å². The third-order valence-corrected chi connectivity index (χ3v) is 5.13. The van der Waals surface area contributed by atoms with Gasteiger partial charge in [0.25, 0.3) is 0 Å². The summed E-state index contributed by atoms with van der Waals surface area (Å²) in [5, 5.41) is 0. The molecule has 21 heavy (non-hydrogen) atoms. The lowest BCUT2D eigenvalue weighted by Gasteiger charge is -2.43. The molecule has 0 bridgehead atoms. The van der Waals surface area contributed by atoms with Crippen LogP contribution >= 0.6 is 0 Å². The van der Waals surface area contributed by atoms with Crippen molar-refractivity contribution in [1.29, 1.82) is 0 Å². The molecule has 1 aromatic heterocycles. The van der Waals surface area contributed by atoms with Gasteiger partial charge in [-0.1, -0.05) is 13.8 Å². The fourth-order valence-corrected chi connectivity index (χ4v) is 4.20. The predicted molar refractivity (Wildman–Crippen MR) is 87.1 cm³/mol. The summed E-state index contributed by atoms with van der Waals surface area (Å²) in [7, 11) is 0. The van der Waals surface area contributed by atoms with Crippen LogP contribution in [0.4, 0.5) is 0 Å². The molecule has 0 unspecified atom stereocenters. The van der Waals surface area contributed by atoms with Crippen molar-refractivity contribution in [3.05, 3.63) is 30.1 Å². The average molecular weight is 287 g/mol. The summed E-state index contributed by atoms with van der Waals surface area (Å²) in [5.41, 5.74) is 1.39. The highest BCUT2D eigenvalue weighted by Gasteiger charge is 2.29. The smallest absolute Gasteiger partial charge is 0.0271 e. The highest BCUT2D eigenvalue weighted by atomic mass is 15.2. The molecule has 2 aliphatic rings. The van der Waals surface area contributed by atoms with E-state index in [4.69, 9.17) is 0 Å². The van der Waals surface area contributed by atoms with E-state index in [-0.39, 0.29) is 0 Å². The normalized spacial score (nSPS) is 29.6. The summed E-state index contributed by atoms with van der Waals surface area (Å²) in [5.74, 6) is 1.76. The fourth-order valence-electron chi connectivity index (χ4n) is 4.20. The first kappa shape index (κ1) is 15.0. The van der Waals surface area contributed by atoms with E-state index in [9.17, 15) is 0 Å². The summed E-state index contributed by atoms with van der Waals surface area (Å²) in [6, 6.07) is 5.10. The monoisotopic (exact) mass is 287 g/mol. The molecule has 2 atom stereocenters. The van der Waals surface area contributed by atoms with E-state index < -0.39 is 0 Å². The number of pyridine rings is 1. The van der Waals surface area contributed by atoms with Crippen LogP contribution in [-0.4, -0.2) is 47.0 Å². The minimum Gasteiger partial charge on any atom is -0.300 e. The van der Waals surface area contributed by atoms with Crippen LogP contribution in [0.25, 0.3) is 0 Å². The predicted octanol–water partition coefficient (Wildman–Crippen LogP) is 3.02. The summed E-state index contributed by atoms with van der Waals surface area (Å²) in [4.78, 5) is 9.48. The van der Waals surface area contributed by atoms with Gasteiger partial charge in [0.05, 0.1) is 0 Å². The zero-order valence-electron chi connectivity index (χ0n) is 13.5. The molecule has 2 fully saturated rings. The fraction of sp³-hybridized carbons (Fsp3) is 0.722. The number of piperidine rings is 2. The van der Waals surface area contributed by atoms with Gasteiger partial charge in [-0.2, -0.15) is 0 Å². The maximum atomic E-state index is 4.10. The van der Waals surface area contributed by atoms with Crippen LogP contribution in [0.5, 0.6) is 0 Å². The van der Waals surface area contributed by atoms with Gasteiger partial charge >= 0.3 is 0 Å². The second-order valence-corrected chi connectivity index (χ2v) is 7.26. The Morgan fingerprint density at radius 3 is 2.29 bits per heavy atom. The van der Waals surface area contributed by atoms with E-state index in [1.54, 1.807) is 0 Å². The lowest BCUT2D eigenvalue weighted by atomic mass is 9.89. The Morgan fingerprint density at radius 1 is 1.05 bits per heavy atom. The standard InChI is InChI=1S/C18H29N3/c1-15-11-16(2)13-21(12-15)18-5-9-20(10-6-18)14-17-3-7-19-8-4-17/h3-4,7-8,15-16,18H,5-6,9-14H2,1-2H3/t15-,16-/m0/s1. The molecule has 116 valence electrons. The maximum absolute atomic E-state index is 4.10. The number of nitrogens with zero attached hydrogens (tertiary/aromatic N) is 3. The third-order valence-electron chi connectivity index (χ3n) is 5.13. The minimum atomic E-state index is 0.823. The van der Waals surface area contributed by atoms with Crippen LogP contribution in [0, 0.1) is 11.8 Å². The van der Waals surface area contributed by atoms with E-state index in [1.165, 1.54) is 51.0 Å². The number of rotatable bonds is 3. The van der Waals surface area contributed by atoms with Crippen LogP contribution in [0.15, 0.2) is 24.5 Å². The molecule has 0 radical (unpaired) electrons. The lowest BCUT2D eigenvalue weighted by molar-refractivity contribution is 0.0530. The minimum absolute atomic E-state index is 0.823. The second-order valence-electron chi connectivity index (χ2n) is 7.26. The molecule has 1 aromatic rings. The molecule has 0 aromatic carbocycles. The molecule has 3 rings (SSSR count). The molecule has 0 aliphatic carbocycles. The van der Waals surface area contributed by atoms with Crippen molar-refractivity contribution in [1.82, 2.24) is 14.8 Å². The van der Waals surface area contributed by atoms with Crippen molar-refractivity contribution in [3.8, 4) is 0 Å². The van der Waals surface area contributed by atoms with E-state index in [1.807, 2.05) is 12.4 Å². The van der Waals surface area contributed by atoms with Crippen LogP contribution in [0.3, 0.4) is 0 Å². The van der Waals surface area contributed by atoms with Crippen molar-refractivity contribution in [2.75, 3.05) is 26.2 Å². The van der Waals surface area contributed by atoms with Crippen LogP contribution in [0.1, 0.15) is 38.7 Å². The van der Waals surface area contributed by atoms with E-state index in [0.29, 0.717) is 0 Å². The number of hydrogen-bond donors (Lipinski definition) is 0. The Morgan fingerprint density at radius 2 is 1.67 bits per heavy atom. The van der Waals surface area contributed by atoms with Crippen molar-refractivity contribution in [3.63, 3.8) is 0 Å². The summed E-state index contributed by atoms with van der Waals surface area (Å²) in [6.07, 6.45) is 7.89. The van der Waals surface area contributed by atoms with Crippen LogP contribution < -0.4 is 0 Å². The highest BCUT2D eigenvalue weighted by Crippen LogP contribution is 2.26. The van der Waals surface area contributed by atoms with E-state index >= 15 is 0 Å². The van der Waals surface area contributed by atoms with Gasteiger partial charge in [0.1, 0.15) is 0 Å². The molecular formula is C18H29N3. The first-order valence-electron chi connectivity index (χ1n) is 8.56. The summed E-state index contributed by atoms with van der Waals surface area (Å²) in [6.45, 7) is 11.0. The van der Waals surface area contributed by atoms with Crippen LogP contribution in [-0.2, 0) is 6.54 Å². The van der Waals surface area contributed by atoms with Gasteiger partial charge in [0.15, 0.2) is 0 Å². The van der Waals surface area contributed by atoms with Gasteiger partial charge in [-0.15, -0.1) is 0 Å². The molecule has 3 heterocycles. The molecule has 3 nitrogen and oxygen atoms in total. The molecule has 2 saturated heterocycles. The molecular weight excluding hydrogens is 258 g/mol. The topological polar surface area (TPSA) is 19.4 Å². The number of aromatic nitrogens is 1. The lowest BCUT2D eigenvalue weighted by Crippen LogP contribution is -2.49. The third kappa shape index (κ3) is 4.04. The van der Waals surface area contributed by atoms with E-state index in [0.717, 1.165) is 24.4 Å². The van der Waals surface area contributed by atoms with Crippen LogP contribution in [0.2, 0.25) is 0 Å². The zero-order chi connectivity index (χ0) is 14.7. The molecule has 3 heteroatoms. The Balaban J connectivity index is 1.48. The highest BCUT2D eigenvalue weighted by molar-refractivity contribution is 5.09. The van der Waals surface area contributed by atoms with Crippen molar-refractivity contribution in [2.24, 2.45) is 11.8 Å². The Labute approximate surface area is 129 Å². The van der Waals surface area contributed by atoms with Crippen molar-refractivity contribution in [2.45, 2.75) is 45.7 Å². The molecule has 0 saturated carbocycles. The Hall–Kier alpha value is -0.930. The van der Waals surface area contributed by atoms with Gasteiger partial charge in [-0.25, -0.2) is 0 Å². The zero-order valence-corrected chi connectivity index (χ0v) is 13.5. The molecule has 0 N–H and O–H groups in total. The number of hydrogen-bond acceptors (Lipinski definition) is 3. The maximum Gasteiger partial charge on any atom is 0.0271 e. The van der Waals surface area contributed by atoms with Crippen molar-refractivity contribution < 1.29 is 0 Å². The SMILES string of the molecule is C[C@H]1C[C@H](C)CN(C2CCN(Cc3ccncc3)CC2)C1. The Kier molecular flexibility index (Phi) is 4.91. The molecule has 2 aliphatic heterocycles. The summed E-state index contributed by atoms with van der Waals surface area (Å²) >= 11 is 0. The molecule has 0 amide bonds. The summed E-state index contributed by atoms with van der Waals surface area (Å²) < 4.78 is 0. The number of likely N-dealkylation sites (tertiary alicyclic amines) is 2. The van der Waals surface area contributed by atoms with Crippen molar-refractivity contribution >= 4 is 0 Å². The molecule has 0 spiro atoms. The largest absolute Gasteiger partial charge is 0.300 e. The van der Waals surface area contributed by atoms with Gasteiger partial charge in [0, 0.05) is 38.1 Å². The van der Waals surface area contributed by atoms with Gasteiger partial charge in [-0.3, -0.25) is 14.8 Å². The second kappa shape index (κ2) is 6.89. The average Bonchev–Trinajstić information content (AvgIpc) is 2.48.